The van der Waals surface area contributed by atoms with E-state index in [-0.39, 0.29) is 6.04 Å². The predicted molar refractivity (Wildman–Crippen MR) is 81.7 cm³/mol. The predicted octanol–water partition coefficient (Wildman–Crippen LogP) is 3.29. The zero-order valence-corrected chi connectivity index (χ0v) is 12.0. The summed E-state index contributed by atoms with van der Waals surface area (Å²) in [6.45, 7) is 2.77. The van der Waals surface area contributed by atoms with Crippen LogP contribution in [0.25, 0.3) is 0 Å². The summed E-state index contributed by atoms with van der Waals surface area (Å²) in [7, 11) is 0. The first-order valence-corrected chi connectivity index (χ1v) is 6.82. The summed E-state index contributed by atoms with van der Waals surface area (Å²) in [6.07, 6.45) is 0. The monoisotopic (exact) mass is 288 g/mol. The van der Waals surface area contributed by atoms with Crippen LogP contribution in [0, 0.1) is 0 Å². The summed E-state index contributed by atoms with van der Waals surface area (Å²) in [5, 5.41) is 4.16. The first kappa shape index (κ1) is 14.6. The lowest BCUT2D eigenvalue weighted by Gasteiger charge is -2.15. The largest absolute Gasteiger partial charge is 0.366 e. The molecule has 2 rings (SSSR count). The first-order chi connectivity index (χ1) is 9.58. The third kappa shape index (κ3) is 3.59. The maximum absolute atomic E-state index is 11.0. The van der Waals surface area contributed by atoms with Crippen molar-refractivity contribution < 1.29 is 4.79 Å². The van der Waals surface area contributed by atoms with E-state index in [0.29, 0.717) is 12.1 Å². The minimum absolute atomic E-state index is 0.152. The van der Waals surface area contributed by atoms with Gasteiger partial charge in [0.25, 0.3) is 0 Å². The molecule has 0 spiro atoms. The summed E-state index contributed by atoms with van der Waals surface area (Å²) in [6, 6.07) is 15.2. The molecular formula is C16H17ClN2O. The number of hydrogen-bond acceptors (Lipinski definition) is 2. The van der Waals surface area contributed by atoms with Crippen LogP contribution in [-0.4, -0.2) is 5.91 Å². The van der Waals surface area contributed by atoms with Crippen LogP contribution in [0.4, 0.5) is 0 Å². The molecule has 0 radical (unpaired) electrons. The van der Waals surface area contributed by atoms with Crippen molar-refractivity contribution in [2.24, 2.45) is 5.73 Å². The van der Waals surface area contributed by atoms with Crippen molar-refractivity contribution in [3.8, 4) is 0 Å². The quantitative estimate of drug-likeness (QED) is 0.887. The van der Waals surface area contributed by atoms with Crippen LogP contribution in [0.1, 0.15) is 34.5 Å². The van der Waals surface area contributed by atoms with Gasteiger partial charge in [-0.15, -0.1) is 0 Å². The Bertz CT molecular complexity index is 596. The van der Waals surface area contributed by atoms with Crippen molar-refractivity contribution in [2.45, 2.75) is 19.5 Å². The highest BCUT2D eigenvalue weighted by Gasteiger charge is 2.08. The molecule has 0 fully saturated rings. The number of hydrogen-bond donors (Lipinski definition) is 2. The maximum Gasteiger partial charge on any atom is 0.248 e. The number of rotatable bonds is 5. The van der Waals surface area contributed by atoms with E-state index in [1.807, 2.05) is 36.4 Å². The highest BCUT2D eigenvalue weighted by atomic mass is 35.5. The van der Waals surface area contributed by atoms with Crippen LogP contribution in [0.2, 0.25) is 5.02 Å². The van der Waals surface area contributed by atoms with Gasteiger partial charge in [0.1, 0.15) is 0 Å². The third-order valence-electron chi connectivity index (χ3n) is 3.22. The van der Waals surface area contributed by atoms with E-state index in [4.69, 9.17) is 17.3 Å². The van der Waals surface area contributed by atoms with Crippen molar-refractivity contribution in [1.82, 2.24) is 5.32 Å². The van der Waals surface area contributed by atoms with Gasteiger partial charge in [0, 0.05) is 23.2 Å². The smallest absolute Gasteiger partial charge is 0.248 e. The van der Waals surface area contributed by atoms with Crippen LogP contribution >= 0.6 is 11.6 Å². The van der Waals surface area contributed by atoms with E-state index < -0.39 is 5.91 Å². The Kier molecular flexibility index (Phi) is 4.77. The molecule has 3 nitrogen and oxygen atoms in total. The molecule has 0 aliphatic heterocycles. The Balaban J connectivity index is 1.98. The SMILES string of the molecule is C[C@@H](NCc1ccc(C(N)=O)cc1)c1ccccc1Cl. The highest BCUT2D eigenvalue weighted by molar-refractivity contribution is 6.31. The van der Waals surface area contributed by atoms with Gasteiger partial charge < -0.3 is 11.1 Å². The molecular weight excluding hydrogens is 272 g/mol. The molecule has 0 aliphatic carbocycles. The maximum atomic E-state index is 11.0. The average molecular weight is 289 g/mol. The standard InChI is InChI=1S/C16H17ClN2O/c1-11(14-4-2-3-5-15(14)17)19-10-12-6-8-13(9-7-12)16(18)20/h2-9,11,19H,10H2,1H3,(H2,18,20)/t11-/m1/s1. The number of nitrogens with two attached hydrogens (primary N) is 1. The number of carbonyl (C=O) groups excluding carboxylic acids is 1. The van der Waals surface area contributed by atoms with Crippen LogP contribution in [0.5, 0.6) is 0 Å². The molecule has 0 aliphatic rings. The molecule has 0 heterocycles. The lowest BCUT2D eigenvalue weighted by Crippen LogP contribution is -2.18. The number of amides is 1. The van der Waals surface area contributed by atoms with Crippen molar-refractivity contribution in [3.05, 3.63) is 70.2 Å². The lowest BCUT2D eigenvalue weighted by molar-refractivity contribution is 0.100. The van der Waals surface area contributed by atoms with Gasteiger partial charge in [-0.1, -0.05) is 41.9 Å². The molecule has 0 unspecified atom stereocenters. The number of nitrogens with one attached hydrogen (secondary N) is 1. The molecule has 0 aromatic heterocycles. The van der Waals surface area contributed by atoms with E-state index in [2.05, 4.69) is 12.2 Å². The second-order valence-electron chi connectivity index (χ2n) is 4.69. The fourth-order valence-corrected chi connectivity index (χ4v) is 2.29. The fraction of sp³-hybridized carbons (Fsp3) is 0.188. The zero-order chi connectivity index (χ0) is 14.5. The molecule has 1 atom stereocenters. The van der Waals surface area contributed by atoms with Gasteiger partial charge in [-0.25, -0.2) is 0 Å². The number of halogens is 1. The number of primary amides is 1. The molecule has 0 bridgehead atoms. The Labute approximate surface area is 123 Å². The topological polar surface area (TPSA) is 55.1 Å². The Morgan fingerprint density at radius 3 is 2.45 bits per heavy atom. The van der Waals surface area contributed by atoms with Gasteiger partial charge in [0.15, 0.2) is 0 Å². The van der Waals surface area contributed by atoms with Gasteiger partial charge in [0.2, 0.25) is 5.91 Å². The van der Waals surface area contributed by atoms with E-state index in [1.165, 1.54) is 0 Å². The van der Waals surface area contributed by atoms with Crippen molar-refractivity contribution >= 4 is 17.5 Å². The van der Waals surface area contributed by atoms with E-state index >= 15 is 0 Å². The number of benzene rings is 2. The molecule has 104 valence electrons. The first-order valence-electron chi connectivity index (χ1n) is 6.44. The second-order valence-corrected chi connectivity index (χ2v) is 5.09. The van der Waals surface area contributed by atoms with Gasteiger partial charge in [-0.3, -0.25) is 4.79 Å². The summed E-state index contributed by atoms with van der Waals surface area (Å²) >= 11 is 6.17. The summed E-state index contributed by atoms with van der Waals surface area (Å²) < 4.78 is 0. The van der Waals surface area contributed by atoms with Crippen LogP contribution < -0.4 is 11.1 Å². The summed E-state index contributed by atoms with van der Waals surface area (Å²) in [5.41, 5.74) is 7.89. The van der Waals surface area contributed by atoms with Gasteiger partial charge in [-0.05, 0) is 36.2 Å². The van der Waals surface area contributed by atoms with E-state index in [1.54, 1.807) is 12.1 Å². The summed E-state index contributed by atoms with van der Waals surface area (Å²) in [4.78, 5) is 11.0. The molecule has 3 N–H and O–H groups in total. The van der Waals surface area contributed by atoms with Gasteiger partial charge >= 0.3 is 0 Å². The lowest BCUT2D eigenvalue weighted by atomic mass is 10.1. The average Bonchev–Trinajstić information content (AvgIpc) is 2.45. The number of carbonyl (C=O) groups is 1. The van der Waals surface area contributed by atoms with Crippen LogP contribution in [0.15, 0.2) is 48.5 Å². The minimum atomic E-state index is -0.408. The van der Waals surface area contributed by atoms with Crippen LogP contribution in [0.3, 0.4) is 0 Å². The van der Waals surface area contributed by atoms with Crippen LogP contribution in [-0.2, 0) is 6.54 Å². The van der Waals surface area contributed by atoms with Crippen molar-refractivity contribution in [3.63, 3.8) is 0 Å². The van der Waals surface area contributed by atoms with Gasteiger partial charge in [0.05, 0.1) is 0 Å². The fourth-order valence-electron chi connectivity index (χ4n) is 1.99. The molecule has 1 amide bonds. The zero-order valence-electron chi connectivity index (χ0n) is 11.3. The van der Waals surface area contributed by atoms with Crippen molar-refractivity contribution in [2.75, 3.05) is 0 Å². The molecule has 20 heavy (non-hydrogen) atoms. The molecule has 2 aromatic rings. The Morgan fingerprint density at radius 1 is 1.20 bits per heavy atom. The molecule has 2 aromatic carbocycles. The minimum Gasteiger partial charge on any atom is -0.366 e. The van der Waals surface area contributed by atoms with Gasteiger partial charge in [-0.2, -0.15) is 0 Å². The van der Waals surface area contributed by atoms with E-state index in [9.17, 15) is 4.79 Å². The molecule has 0 saturated carbocycles. The second kappa shape index (κ2) is 6.55. The Hall–Kier alpha value is -1.84. The summed E-state index contributed by atoms with van der Waals surface area (Å²) in [5.74, 6) is -0.408. The van der Waals surface area contributed by atoms with Crippen molar-refractivity contribution in [1.29, 1.82) is 0 Å². The Morgan fingerprint density at radius 2 is 1.85 bits per heavy atom. The molecule has 0 saturated heterocycles. The normalized spacial score (nSPS) is 12.1. The third-order valence-corrected chi connectivity index (χ3v) is 3.57. The van der Waals surface area contributed by atoms with E-state index in [0.717, 1.165) is 16.1 Å². The molecule has 4 heteroatoms. The highest BCUT2D eigenvalue weighted by Crippen LogP contribution is 2.22.